The molecule has 7 nitrogen and oxygen atoms in total. The molecule has 0 saturated carbocycles. The van der Waals surface area contributed by atoms with Crippen LogP contribution in [0.4, 0.5) is 5.69 Å². The molecule has 3 rings (SSSR count). The minimum absolute atomic E-state index is 0.0416. The van der Waals surface area contributed by atoms with E-state index in [9.17, 15) is 18.0 Å². The minimum Gasteiger partial charge on any atom is -0.354 e. The van der Waals surface area contributed by atoms with Gasteiger partial charge < -0.3 is 10.2 Å². The smallest absolute Gasteiger partial charge is 0.264 e. The predicted molar refractivity (Wildman–Crippen MR) is 161 cm³/mol. The summed E-state index contributed by atoms with van der Waals surface area (Å²) >= 11 is 12.3. The normalized spacial score (nSPS) is 12.1. The molecule has 0 aromatic heterocycles. The lowest BCUT2D eigenvalue weighted by atomic mass is 10.1. The van der Waals surface area contributed by atoms with Crippen LogP contribution in [0.15, 0.2) is 71.6 Å². The van der Waals surface area contributed by atoms with E-state index >= 15 is 0 Å². The van der Waals surface area contributed by atoms with Crippen LogP contribution < -0.4 is 9.62 Å². The Morgan fingerprint density at radius 3 is 2.17 bits per heavy atom. The first-order chi connectivity index (χ1) is 18.9. The first kappa shape index (κ1) is 31.5. The molecule has 0 aliphatic rings. The summed E-state index contributed by atoms with van der Waals surface area (Å²) in [6.45, 7) is 7.32. The third-order valence-electron chi connectivity index (χ3n) is 6.59. The molecule has 1 atom stereocenters. The number of rotatable bonds is 12. The number of sulfonamides is 1. The van der Waals surface area contributed by atoms with E-state index in [-0.39, 0.29) is 23.0 Å². The first-order valence-corrected chi connectivity index (χ1v) is 15.3. The first-order valence-electron chi connectivity index (χ1n) is 13.1. The summed E-state index contributed by atoms with van der Waals surface area (Å²) in [6.07, 6.45) is 1.72. The molecule has 0 saturated heterocycles. The van der Waals surface area contributed by atoms with Gasteiger partial charge in [-0.05, 0) is 74.7 Å². The van der Waals surface area contributed by atoms with Crippen molar-refractivity contribution in [1.82, 2.24) is 10.2 Å². The number of aryl methyl sites for hydroxylation is 2. The Labute approximate surface area is 247 Å². The Morgan fingerprint density at radius 1 is 0.925 bits per heavy atom. The van der Waals surface area contributed by atoms with Crippen molar-refractivity contribution in [3.8, 4) is 0 Å². The Balaban J connectivity index is 2.04. The van der Waals surface area contributed by atoms with Crippen molar-refractivity contribution in [2.24, 2.45) is 0 Å². The van der Waals surface area contributed by atoms with E-state index < -0.39 is 28.5 Å². The topological polar surface area (TPSA) is 86.8 Å². The molecule has 1 N–H and O–H groups in total. The summed E-state index contributed by atoms with van der Waals surface area (Å²) in [6, 6.07) is 17.4. The van der Waals surface area contributed by atoms with Gasteiger partial charge in [-0.25, -0.2) is 8.42 Å². The zero-order valence-electron chi connectivity index (χ0n) is 23.2. The number of carbonyl (C=O) groups is 2. The Bertz CT molecular complexity index is 1430. The second kappa shape index (κ2) is 14.0. The summed E-state index contributed by atoms with van der Waals surface area (Å²) in [4.78, 5) is 28.5. The van der Waals surface area contributed by atoms with Gasteiger partial charge in [-0.15, -0.1) is 0 Å². The lowest BCUT2D eigenvalue weighted by Gasteiger charge is -2.32. The number of benzene rings is 3. The highest BCUT2D eigenvalue weighted by atomic mass is 35.5. The average molecular weight is 605 g/mol. The van der Waals surface area contributed by atoms with E-state index in [4.69, 9.17) is 23.2 Å². The van der Waals surface area contributed by atoms with Crippen molar-refractivity contribution in [2.45, 2.75) is 58.0 Å². The third kappa shape index (κ3) is 7.99. The van der Waals surface area contributed by atoms with E-state index in [0.29, 0.717) is 22.2 Å². The second-order valence-corrected chi connectivity index (χ2v) is 12.5. The van der Waals surface area contributed by atoms with Crippen molar-refractivity contribution in [3.05, 3.63) is 93.5 Å². The molecule has 1 unspecified atom stereocenters. The van der Waals surface area contributed by atoms with Crippen molar-refractivity contribution in [1.29, 1.82) is 0 Å². The number of halogens is 2. The second-order valence-electron chi connectivity index (χ2n) is 9.72. The third-order valence-corrected chi connectivity index (χ3v) is 8.85. The molecule has 0 bridgehead atoms. The molecule has 0 fully saturated rings. The van der Waals surface area contributed by atoms with Crippen LogP contribution in [-0.4, -0.2) is 44.3 Å². The summed E-state index contributed by atoms with van der Waals surface area (Å²) in [5, 5.41) is 3.75. The highest BCUT2D eigenvalue weighted by Crippen LogP contribution is 2.30. The van der Waals surface area contributed by atoms with E-state index in [0.717, 1.165) is 28.3 Å². The van der Waals surface area contributed by atoms with Crippen LogP contribution >= 0.6 is 23.2 Å². The van der Waals surface area contributed by atoms with Crippen molar-refractivity contribution in [2.75, 3.05) is 17.4 Å². The van der Waals surface area contributed by atoms with Crippen LogP contribution in [0.5, 0.6) is 0 Å². The predicted octanol–water partition coefficient (Wildman–Crippen LogP) is 6.14. The van der Waals surface area contributed by atoms with Crippen molar-refractivity contribution in [3.63, 3.8) is 0 Å². The molecule has 2 amide bonds. The molecular weight excluding hydrogens is 569 g/mol. The van der Waals surface area contributed by atoms with E-state index in [1.54, 1.807) is 62.4 Å². The number of hydrogen-bond acceptors (Lipinski definition) is 4. The molecule has 0 heterocycles. The van der Waals surface area contributed by atoms with Gasteiger partial charge in [0.2, 0.25) is 11.8 Å². The zero-order chi connectivity index (χ0) is 29.4. The summed E-state index contributed by atoms with van der Waals surface area (Å²) < 4.78 is 29.0. The van der Waals surface area contributed by atoms with E-state index in [1.807, 2.05) is 13.8 Å². The van der Waals surface area contributed by atoms with Crippen LogP contribution in [0.2, 0.25) is 10.0 Å². The lowest BCUT2D eigenvalue weighted by molar-refractivity contribution is -0.139. The van der Waals surface area contributed by atoms with Crippen molar-refractivity contribution >= 4 is 50.7 Å². The van der Waals surface area contributed by atoms with Gasteiger partial charge >= 0.3 is 0 Å². The number of carbonyl (C=O) groups excluding carboxylic acids is 2. The van der Waals surface area contributed by atoms with Gasteiger partial charge in [0.1, 0.15) is 12.6 Å². The minimum atomic E-state index is -4.17. The van der Waals surface area contributed by atoms with Gasteiger partial charge in [-0.3, -0.25) is 13.9 Å². The molecule has 3 aromatic rings. The molecule has 0 spiro atoms. The standard InChI is InChI=1S/C30H35Cl2N3O4S/c1-5-6-17-33-30(37)23(4)34(19-24-10-13-25(31)14-11-24)29(36)20-35(28-18-26(32)12-9-22(28)3)40(38,39)27-15-7-21(2)8-16-27/h7-16,18,23H,5-6,17,19-20H2,1-4H3,(H,33,37). The fraction of sp³-hybridized carbons (Fsp3) is 0.333. The fourth-order valence-electron chi connectivity index (χ4n) is 4.11. The Kier molecular flexibility index (Phi) is 11.0. The van der Waals surface area contributed by atoms with Crippen LogP contribution in [0, 0.1) is 13.8 Å². The number of nitrogens with one attached hydrogen (secondary N) is 1. The van der Waals surface area contributed by atoms with Gasteiger partial charge in [0, 0.05) is 23.1 Å². The molecule has 0 radical (unpaired) electrons. The Hall–Kier alpha value is -3.07. The van der Waals surface area contributed by atoms with Crippen molar-refractivity contribution < 1.29 is 18.0 Å². The largest absolute Gasteiger partial charge is 0.354 e. The number of nitrogens with zero attached hydrogens (tertiary/aromatic N) is 2. The van der Waals surface area contributed by atoms with Gasteiger partial charge in [-0.1, -0.05) is 72.4 Å². The monoisotopic (exact) mass is 603 g/mol. The summed E-state index contributed by atoms with van der Waals surface area (Å²) in [7, 11) is -4.17. The fourth-order valence-corrected chi connectivity index (χ4v) is 5.87. The van der Waals surface area contributed by atoms with Gasteiger partial charge in [0.05, 0.1) is 10.6 Å². The maximum absolute atomic E-state index is 14.0. The molecule has 10 heteroatoms. The number of hydrogen-bond donors (Lipinski definition) is 1. The Morgan fingerprint density at radius 2 is 1.55 bits per heavy atom. The number of unbranched alkanes of at least 4 members (excludes halogenated alkanes) is 1. The highest BCUT2D eigenvalue weighted by molar-refractivity contribution is 7.92. The highest BCUT2D eigenvalue weighted by Gasteiger charge is 2.33. The molecule has 214 valence electrons. The summed E-state index contributed by atoms with van der Waals surface area (Å²) in [5.74, 6) is -0.856. The van der Waals surface area contributed by atoms with Crippen LogP contribution in [0.1, 0.15) is 43.4 Å². The quantitative estimate of drug-likeness (QED) is 0.252. The van der Waals surface area contributed by atoms with E-state index in [1.165, 1.54) is 23.1 Å². The lowest BCUT2D eigenvalue weighted by Crippen LogP contribution is -2.51. The van der Waals surface area contributed by atoms with Crippen LogP contribution in [-0.2, 0) is 26.2 Å². The maximum atomic E-state index is 14.0. The molecule has 0 aliphatic heterocycles. The van der Waals surface area contributed by atoms with Crippen LogP contribution in [0.3, 0.4) is 0 Å². The van der Waals surface area contributed by atoms with Crippen LogP contribution in [0.25, 0.3) is 0 Å². The maximum Gasteiger partial charge on any atom is 0.264 e. The number of amides is 2. The molecule has 3 aromatic carbocycles. The van der Waals surface area contributed by atoms with Gasteiger partial charge in [0.25, 0.3) is 10.0 Å². The number of anilines is 1. The SMILES string of the molecule is CCCCNC(=O)C(C)N(Cc1ccc(Cl)cc1)C(=O)CN(c1cc(Cl)ccc1C)S(=O)(=O)c1ccc(C)cc1. The van der Waals surface area contributed by atoms with E-state index in [2.05, 4.69) is 5.32 Å². The molecule has 40 heavy (non-hydrogen) atoms. The molecular formula is C30H35Cl2N3O4S. The van der Waals surface area contributed by atoms with Gasteiger partial charge in [-0.2, -0.15) is 0 Å². The zero-order valence-corrected chi connectivity index (χ0v) is 25.5. The van der Waals surface area contributed by atoms with Gasteiger partial charge in [0.15, 0.2) is 0 Å². The molecule has 0 aliphatic carbocycles. The average Bonchev–Trinajstić information content (AvgIpc) is 2.92. The summed E-state index contributed by atoms with van der Waals surface area (Å²) in [5.41, 5.74) is 2.56.